The van der Waals surface area contributed by atoms with Crippen molar-refractivity contribution in [3.8, 4) is 0 Å². The molecule has 1 heterocycles. The molecule has 1 aromatic carbocycles. The van der Waals surface area contributed by atoms with Crippen LogP contribution in [0.4, 0.5) is 0 Å². The lowest BCUT2D eigenvalue weighted by Gasteiger charge is -2.19. The SMILES string of the molecule is CCOC(=O)CC(NC(=O)c1ccco1)c1ccccc1Cl. The molecular formula is C16H16ClNO4. The molecule has 116 valence electrons. The highest BCUT2D eigenvalue weighted by molar-refractivity contribution is 6.31. The van der Waals surface area contributed by atoms with Crippen LogP contribution in [0.5, 0.6) is 0 Å². The fourth-order valence-corrected chi connectivity index (χ4v) is 2.29. The van der Waals surface area contributed by atoms with E-state index in [0.717, 1.165) is 0 Å². The topological polar surface area (TPSA) is 68.5 Å². The van der Waals surface area contributed by atoms with E-state index in [1.165, 1.54) is 6.26 Å². The number of esters is 1. The van der Waals surface area contributed by atoms with Crippen molar-refractivity contribution in [2.24, 2.45) is 0 Å². The molecule has 0 fully saturated rings. The van der Waals surface area contributed by atoms with E-state index in [4.69, 9.17) is 20.8 Å². The minimum Gasteiger partial charge on any atom is -0.466 e. The summed E-state index contributed by atoms with van der Waals surface area (Å²) < 4.78 is 10.0. The average Bonchev–Trinajstić information content (AvgIpc) is 3.01. The molecule has 1 N–H and O–H groups in total. The summed E-state index contributed by atoms with van der Waals surface area (Å²) in [7, 11) is 0. The summed E-state index contributed by atoms with van der Waals surface area (Å²) in [6, 6.07) is 9.60. The molecule has 0 aliphatic carbocycles. The Hall–Kier alpha value is -2.27. The van der Waals surface area contributed by atoms with Gasteiger partial charge in [-0.1, -0.05) is 29.8 Å². The van der Waals surface area contributed by atoms with Crippen molar-refractivity contribution in [1.82, 2.24) is 5.32 Å². The van der Waals surface area contributed by atoms with Gasteiger partial charge in [0.2, 0.25) is 0 Å². The lowest BCUT2D eigenvalue weighted by Crippen LogP contribution is -2.30. The number of carbonyl (C=O) groups is 2. The molecule has 5 nitrogen and oxygen atoms in total. The van der Waals surface area contributed by atoms with E-state index in [1.54, 1.807) is 43.3 Å². The third kappa shape index (κ3) is 4.11. The second kappa shape index (κ2) is 7.66. The van der Waals surface area contributed by atoms with Crippen LogP contribution in [0.2, 0.25) is 5.02 Å². The van der Waals surface area contributed by atoms with Crippen LogP contribution >= 0.6 is 11.6 Å². The van der Waals surface area contributed by atoms with Gasteiger partial charge in [0.15, 0.2) is 5.76 Å². The summed E-state index contributed by atoms with van der Waals surface area (Å²) in [6.45, 7) is 2.00. The van der Waals surface area contributed by atoms with E-state index < -0.39 is 17.9 Å². The highest BCUT2D eigenvalue weighted by atomic mass is 35.5. The molecular weight excluding hydrogens is 306 g/mol. The number of amides is 1. The van der Waals surface area contributed by atoms with Crippen molar-refractivity contribution >= 4 is 23.5 Å². The third-order valence-corrected chi connectivity index (χ3v) is 3.35. The van der Waals surface area contributed by atoms with Crippen LogP contribution in [0.15, 0.2) is 47.1 Å². The zero-order chi connectivity index (χ0) is 15.9. The molecule has 0 bridgehead atoms. The lowest BCUT2D eigenvalue weighted by atomic mass is 10.0. The van der Waals surface area contributed by atoms with E-state index in [0.29, 0.717) is 10.6 Å². The fraction of sp³-hybridized carbons (Fsp3) is 0.250. The molecule has 0 radical (unpaired) electrons. The minimum absolute atomic E-state index is 0.00990. The summed E-state index contributed by atoms with van der Waals surface area (Å²) in [5, 5.41) is 3.22. The van der Waals surface area contributed by atoms with Crippen molar-refractivity contribution in [2.45, 2.75) is 19.4 Å². The lowest BCUT2D eigenvalue weighted by molar-refractivity contribution is -0.143. The molecule has 6 heteroatoms. The summed E-state index contributed by atoms with van der Waals surface area (Å²) >= 11 is 6.16. The zero-order valence-electron chi connectivity index (χ0n) is 12.0. The molecule has 0 aliphatic heterocycles. The molecule has 1 atom stereocenters. The van der Waals surface area contributed by atoms with E-state index in [1.807, 2.05) is 0 Å². The number of rotatable bonds is 6. The molecule has 1 amide bonds. The van der Waals surface area contributed by atoms with Crippen LogP contribution < -0.4 is 5.32 Å². The smallest absolute Gasteiger partial charge is 0.308 e. The Kier molecular flexibility index (Phi) is 5.61. The zero-order valence-corrected chi connectivity index (χ0v) is 12.8. The van der Waals surface area contributed by atoms with Gasteiger partial charge in [-0.05, 0) is 30.7 Å². The maximum Gasteiger partial charge on any atom is 0.308 e. The van der Waals surface area contributed by atoms with E-state index in [9.17, 15) is 9.59 Å². The molecule has 0 saturated heterocycles. The Balaban J connectivity index is 2.20. The largest absolute Gasteiger partial charge is 0.466 e. The van der Waals surface area contributed by atoms with Gasteiger partial charge in [-0.25, -0.2) is 0 Å². The van der Waals surface area contributed by atoms with Crippen LogP contribution in [0.25, 0.3) is 0 Å². The van der Waals surface area contributed by atoms with Crippen LogP contribution in [-0.4, -0.2) is 18.5 Å². The van der Waals surface area contributed by atoms with E-state index in [2.05, 4.69) is 5.32 Å². The molecule has 0 saturated carbocycles. The van der Waals surface area contributed by atoms with Crippen molar-refractivity contribution < 1.29 is 18.7 Å². The molecule has 0 aliphatic rings. The first-order valence-corrected chi connectivity index (χ1v) is 7.24. The first-order chi connectivity index (χ1) is 10.6. The Bertz CT molecular complexity index is 639. The van der Waals surface area contributed by atoms with Crippen LogP contribution in [0.3, 0.4) is 0 Å². The molecule has 2 aromatic rings. The van der Waals surface area contributed by atoms with Crippen LogP contribution in [-0.2, 0) is 9.53 Å². The number of furan rings is 1. The maximum absolute atomic E-state index is 12.1. The molecule has 2 rings (SSSR count). The van der Waals surface area contributed by atoms with Crippen molar-refractivity contribution in [3.05, 3.63) is 59.0 Å². The number of carbonyl (C=O) groups excluding carboxylic acids is 2. The number of nitrogens with one attached hydrogen (secondary N) is 1. The number of halogens is 1. The first kappa shape index (κ1) is 16.1. The van der Waals surface area contributed by atoms with Crippen LogP contribution in [0, 0.1) is 0 Å². The molecule has 22 heavy (non-hydrogen) atoms. The average molecular weight is 322 g/mol. The Labute approximate surface area is 133 Å². The Morgan fingerprint density at radius 2 is 2.05 bits per heavy atom. The number of benzene rings is 1. The molecule has 0 spiro atoms. The van der Waals surface area contributed by atoms with Gasteiger partial charge < -0.3 is 14.5 Å². The van der Waals surface area contributed by atoms with Crippen molar-refractivity contribution in [1.29, 1.82) is 0 Å². The van der Waals surface area contributed by atoms with Crippen molar-refractivity contribution in [3.63, 3.8) is 0 Å². The second-order valence-electron chi connectivity index (χ2n) is 4.53. The number of ether oxygens (including phenoxy) is 1. The van der Waals surface area contributed by atoms with E-state index >= 15 is 0 Å². The second-order valence-corrected chi connectivity index (χ2v) is 4.94. The van der Waals surface area contributed by atoms with Gasteiger partial charge >= 0.3 is 5.97 Å². The summed E-state index contributed by atoms with van der Waals surface area (Å²) in [5.74, 6) is -0.660. The number of hydrogen-bond acceptors (Lipinski definition) is 4. The highest BCUT2D eigenvalue weighted by Gasteiger charge is 2.22. The summed E-state index contributed by atoms with van der Waals surface area (Å²) in [5.41, 5.74) is 0.650. The maximum atomic E-state index is 12.1. The predicted molar refractivity (Wildman–Crippen MR) is 81.6 cm³/mol. The Morgan fingerprint density at radius 3 is 2.68 bits per heavy atom. The first-order valence-electron chi connectivity index (χ1n) is 6.86. The normalized spacial score (nSPS) is 11.7. The van der Waals surface area contributed by atoms with Crippen LogP contribution in [0.1, 0.15) is 35.5 Å². The van der Waals surface area contributed by atoms with Gasteiger partial charge in [0, 0.05) is 5.02 Å². The predicted octanol–water partition coefficient (Wildman–Crippen LogP) is 3.36. The molecule has 1 aromatic heterocycles. The van der Waals surface area contributed by atoms with Gasteiger partial charge in [0.25, 0.3) is 5.91 Å². The van der Waals surface area contributed by atoms with Gasteiger partial charge in [0.1, 0.15) is 0 Å². The van der Waals surface area contributed by atoms with Gasteiger partial charge in [0.05, 0.1) is 25.3 Å². The summed E-state index contributed by atoms with van der Waals surface area (Å²) in [4.78, 5) is 23.9. The van der Waals surface area contributed by atoms with Gasteiger partial charge in [-0.15, -0.1) is 0 Å². The minimum atomic E-state index is -0.592. The Morgan fingerprint density at radius 1 is 1.27 bits per heavy atom. The summed E-state index contributed by atoms with van der Waals surface area (Å²) in [6.07, 6.45) is 1.40. The monoisotopic (exact) mass is 321 g/mol. The van der Waals surface area contributed by atoms with Gasteiger partial charge in [-0.2, -0.15) is 0 Å². The van der Waals surface area contributed by atoms with E-state index in [-0.39, 0.29) is 18.8 Å². The third-order valence-electron chi connectivity index (χ3n) is 3.01. The quantitative estimate of drug-likeness (QED) is 0.828. The number of hydrogen-bond donors (Lipinski definition) is 1. The van der Waals surface area contributed by atoms with Gasteiger partial charge in [-0.3, -0.25) is 9.59 Å². The fourth-order valence-electron chi connectivity index (χ4n) is 2.02. The standard InChI is InChI=1S/C16H16ClNO4/c1-2-21-15(19)10-13(11-6-3-4-7-12(11)17)18-16(20)14-8-5-9-22-14/h3-9,13H,2,10H2,1H3,(H,18,20). The highest BCUT2D eigenvalue weighted by Crippen LogP contribution is 2.26. The van der Waals surface area contributed by atoms with Crippen molar-refractivity contribution in [2.75, 3.05) is 6.61 Å². The molecule has 1 unspecified atom stereocenters.